The number of ether oxygens (including phenoxy) is 2. The van der Waals surface area contributed by atoms with Gasteiger partial charge in [-0.1, -0.05) is 50.6 Å². The van der Waals surface area contributed by atoms with Crippen molar-refractivity contribution in [3.63, 3.8) is 0 Å². The molecular weight excluding hydrogens is 316 g/mol. The number of esters is 2. The first-order valence-corrected chi connectivity index (χ1v) is 8.29. The number of hydrogen-bond acceptors (Lipinski definition) is 4. The van der Waals surface area contributed by atoms with Crippen LogP contribution in [0.4, 0.5) is 0 Å². The summed E-state index contributed by atoms with van der Waals surface area (Å²) >= 11 is 0. The van der Waals surface area contributed by atoms with Crippen LogP contribution in [0.1, 0.15) is 52.6 Å². The Morgan fingerprint density at radius 3 is 1.88 bits per heavy atom. The Hall–Kier alpha value is -2.62. The standard InChI is InChI=1S/C21H24O4/c1-15-7-5-8-16(13-15)19(22)24-11-12-25-20(23)17-9-6-10-18(14-17)21(2,3)4/h5-10,13-14H,11-12H2,1-4H3. The zero-order valence-electron chi connectivity index (χ0n) is 15.2. The van der Waals surface area contributed by atoms with Crippen LogP contribution in [-0.2, 0) is 14.9 Å². The van der Waals surface area contributed by atoms with Gasteiger partial charge >= 0.3 is 11.9 Å². The van der Waals surface area contributed by atoms with Gasteiger partial charge < -0.3 is 9.47 Å². The van der Waals surface area contributed by atoms with Crippen molar-refractivity contribution in [2.75, 3.05) is 13.2 Å². The van der Waals surface area contributed by atoms with Crippen LogP contribution in [0.5, 0.6) is 0 Å². The number of carbonyl (C=O) groups excluding carboxylic acids is 2. The Labute approximate surface area is 148 Å². The predicted octanol–water partition coefficient (Wildman–Crippen LogP) is 4.31. The van der Waals surface area contributed by atoms with Crippen molar-refractivity contribution in [2.45, 2.75) is 33.1 Å². The average molecular weight is 340 g/mol. The Bertz CT molecular complexity index is 756. The van der Waals surface area contributed by atoms with E-state index in [9.17, 15) is 9.59 Å². The molecule has 0 unspecified atom stereocenters. The quantitative estimate of drug-likeness (QED) is 0.601. The summed E-state index contributed by atoms with van der Waals surface area (Å²) in [5.41, 5.74) is 2.99. The van der Waals surface area contributed by atoms with E-state index in [-0.39, 0.29) is 18.6 Å². The van der Waals surface area contributed by atoms with Crippen molar-refractivity contribution in [3.05, 3.63) is 70.8 Å². The van der Waals surface area contributed by atoms with Gasteiger partial charge in [0, 0.05) is 0 Å². The summed E-state index contributed by atoms with van der Waals surface area (Å²) in [6.07, 6.45) is 0. The van der Waals surface area contributed by atoms with Gasteiger partial charge in [0.15, 0.2) is 0 Å². The lowest BCUT2D eigenvalue weighted by atomic mass is 9.86. The summed E-state index contributed by atoms with van der Waals surface area (Å²) in [4.78, 5) is 24.0. The van der Waals surface area contributed by atoms with Crippen LogP contribution in [0.25, 0.3) is 0 Å². The Morgan fingerprint density at radius 1 is 0.840 bits per heavy atom. The van der Waals surface area contributed by atoms with Crippen LogP contribution in [-0.4, -0.2) is 25.2 Å². The SMILES string of the molecule is Cc1cccc(C(=O)OCCOC(=O)c2cccc(C(C)(C)C)c2)c1. The van der Waals surface area contributed by atoms with E-state index in [1.807, 2.05) is 31.2 Å². The average Bonchev–Trinajstić information content (AvgIpc) is 2.57. The fourth-order valence-corrected chi connectivity index (χ4v) is 2.32. The van der Waals surface area contributed by atoms with Crippen molar-refractivity contribution in [2.24, 2.45) is 0 Å². The number of benzene rings is 2. The predicted molar refractivity (Wildman–Crippen MR) is 96.9 cm³/mol. The molecule has 0 amide bonds. The molecule has 0 bridgehead atoms. The smallest absolute Gasteiger partial charge is 0.338 e. The molecule has 4 nitrogen and oxygen atoms in total. The van der Waals surface area contributed by atoms with Crippen molar-refractivity contribution in [3.8, 4) is 0 Å². The van der Waals surface area contributed by atoms with E-state index >= 15 is 0 Å². The minimum Gasteiger partial charge on any atom is -0.458 e. The third-order valence-corrected chi connectivity index (χ3v) is 3.77. The molecule has 0 radical (unpaired) electrons. The van der Waals surface area contributed by atoms with Gasteiger partial charge in [-0.15, -0.1) is 0 Å². The molecule has 4 heteroatoms. The number of hydrogen-bond donors (Lipinski definition) is 0. The molecule has 0 saturated carbocycles. The normalized spacial score (nSPS) is 11.0. The van der Waals surface area contributed by atoms with Gasteiger partial charge in [0.1, 0.15) is 13.2 Å². The highest BCUT2D eigenvalue weighted by Crippen LogP contribution is 2.23. The number of carbonyl (C=O) groups is 2. The van der Waals surface area contributed by atoms with Gasteiger partial charge in [0.05, 0.1) is 11.1 Å². The van der Waals surface area contributed by atoms with E-state index in [2.05, 4.69) is 20.8 Å². The molecule has 0 heterocycles. The van der Waals surface area contributed by atoms with E-state index in [4.69, 9.17) is 9.47 Å². The monoisotopic (exact) mass is 340 g/mol. The van der Waals surface area contributed by atoms with Crippen LogP contribution in [0.3, 0.4) is 0 Å². The number of rotatable bonds is 5. The van der Waals surface area contributed by atoms with Crippen LogP contribution in [0, 0.1) is 6.92 Å². The highest BCUT2D eigenvalue weighted by molar-refractivity contribution is 5.90. The van der Waals surface area contributed by atoms with Gasteiger partial charge in [-0.25, -0.2) is 9.59 Å². The van der Waals surface area contributed by atoms with E-state index in [0.29, 0.717) is 11.1 Å². The highest BCUT2D eigenvalue weighted by atomic mass is 16.6. The van der Waals surface area contributed by atoms with Crippen LogP contribution >= 0.6 is 0 Å². The third-order valence-electron chi connectivity index (χ3n) is 3.77. The van der Waals surface area contributed by atoms with Crippen LogP contribution in [0.15, 0.2) is 48.5 Å². The fraction of sp³-hybridized carbons (Fsp3) is 0.333. The summed E-state index contributed by atoms with van der Waals surface area (Å²) in [6.45, 7) is 8.21. The second-order valence-electron chi connectivity index (χ2n) is 6.97. The molecule has 2 rings (SSSR count). The van der Waals surface area contributed by atoms with Crippen molar-refractivity contribution < 1.29 is 19.1 Å². The Kier molecular flexibility index (Phi) is 5.97. The lowest BCUT2D eigenvalue weighted by molar-refractivity contribution is 0.0265. The summed E-state index contributed by atoms with van der Waals surface area (Å²) < 4.78 is 10.3. The molecule has 132 valence electrons. The van der Waals surface area contributed by atoms with Crippen molar-refractivity contribution in [1.29, 1.82) is 0 Å². The largest absolute Gasteiger partial charge is 0.458 e. The maximum absolute atomic E-state index is 12.1. The Balaban J connectivity index is 1.84. The zero-order chi connectivity index (χ0) is 18.4. The second kappa shape index (κ2) is 7.97. The zero-order valence-corrected chi connectivity index (χ0v) is 15.2. The maximum Gasteiger partial charge on any atom is 0.338 e. The summed E-state index contributed by atoms with van der Waals surface area (Å²) in [7, 11) is 0. The molecule has 0 atom stereocenters. The van der Waals surface area contributed by atoms with Crippen LogP contribution in [0.2, 0.25) is 0 Å². The van der Waals surface area contributed by atoms with Gasteiger partial charge in [-0.05, 0) is 42.2 Å². The molecule has 25 heavy (non-hydrogen) atoms. The van der Waals surface area contributed by atoms with Crippen molar-refractivity contribution >= 4 is 11.9 Å². The van der Waals surface area contributed by atoms with E-state index in [1.54, 1.807) is 24.3 Å². The minimum atomic E-state index is -0.422. The molecule has 2 aromatic carbocycles. The molecular formula is C21H24O4. The highest BCUT2D eigenvalue weighted by Gasteiger charge is 2.16. The molecule has 0 aliphatic rings. The lowest BCUT2D eigenvalue weighted by Crippen LogP contribution is -2.16. The molecule has 0 aliphatic heterocycles. The lowest BCUT2D eigenvalue weighted by Gasteiger charge is -2.19. The first kappa shape index (κ1) is 18.7. The van der Waals surface area contributed by atoms with E-state index in [0.717, 1.165) is 11.1 Å². The van der Waals surface area contributed by atoms with Crippen molar-refractivity contribution in [1.82, 2.24) is 0 Å². The summed E-state index contributed by atoms with van der Waals surface area (Å²) in [5, 5.41) is 0. The number of aryl methyl sites for hydroxylation is 1. The Morgan fingerprint density at radius 2 is 1.36 bits per heavy atom. The van der Waals surface area contributed by atoms with Gasteiger partial charge in [0.25, 0.3) is 0 Å². The van der Waals surface area contributed by atoms with Gasteiger partial charge in [-0.2, -0.15) is 0 Å². The molecule has 0 N–H and O–H groups in total. The van der Waals surface area contributed by atoms with Crippen LogP contribution < -0.4 is 0 Å². The molecule has 0 fully saturated rings. The molecule has 0 aliphatic carbocycles. The summed E-state index contributed by atoms with van der Waals surface area (Å²) in [5.74, 6) is -0.841. The molecule has 2 aromatic rings. The minimum absolute atomic E-state index is 0.0239. The first-order valence-electron chi connectivity index (χ1n) is 8.29. The fourth-order valence-electron chi connectivity index (χ4n) is 2.32. The van der Waals surface area contributed by atoms with E-state index < -0.39 is 11.9 Å². The van der Waals surface area contributed by atoms with E-state index in [1.165, 1.54) is 0 Å². The summed E-state index contributed by atoms with van der Waals surface area (Å²) in [6, 6.07) is 14.5. The van der Waals surface area contributed by atoms with Gasteiger partial charge in [0.2, 0.25) is 0 Å². The third kappa shape index (κ3) is 5.45. The topological polar surface area (TPSA) is 52.6 Å². The first-order chi connectivity index (χ1) is 11.8. The molecule has 0 aromatic heterocycles. The maximum atomic E-state index is 12.1. The molecule has 0 spiro atoms. The van der Waals surface area contributed by atoms with Gasteiger partial charge in [-0.3, -0.25) is 0 Å². The second-order valence-corrected chi connectivity index (χ2v) is 6.97. The molecule has 0 saturated heterocycles.